The van der Waals surface area contributed by atoms with Gasteiger partial charge in [0, 0.05) is 30.6 Å². The summed E-state index contributed by atoms with van der Waals surface area (Å²) in [6.07, 6.45) is 3.02. The zero-order valence-corrected chi connectivity index (χ0v) is 28.5. The van der Waals surface area contributed by atoms with Crippen molar-refractivity contribution in [3.8, 4) is 11.5 Å². The summed E-state index contributed by atoms with van der Waals surface area (Å²) in [5, 5.41) is 20.3. The Hall–Kier alpha value is -3.77. The molecule has 0 spiro atoms. The molecule has 5 rings (SSSR count). The molecule has 3 aromatic rings. The van der Waals surface area contributed by atoms with Crippen molar-refractivity contribution < 1.29 is 33.6 Å². The maximum Gasteiger partial charge on any atom is 0.315 e. The van der Waals surface area contributed by atoms with Gasteiger partial charge in [0.15, 0.2) is 0 Å². The van der Waals surface area contributed by atoms with Crippen molar-refractivity contribution in [2.75, 3.05) is 46.3 Å². The molecule has 10 nitrogen and oxygen atoms in total. The van der Waals surface area contributed by atoms with E-state index in [-0.39, 0.29) is 37.2 Å². The highest BCUT2D eigenvalue weighted by molar-refractivity contribution is 8.00. The SMILES string of the molecule is COc1ccc(C(OCC(O)COCCCNC(=O)CCCCC2SCC3NC(=O)NC32)(c2ccccc2)c2ccc(OC)cc2)cc1. The average molecular weight is 678 g/mol. The molecular weight excluding hydrogens is 630 g/mol. The Balaban J connectivity index is 1.07. The quantitative estimate of drug-likeness (QED) is 0.0823. The summed E-state index contributed by atoms with van der Waals surface area (Å²) in [4.78, 5) is 23.9. The highest BCUT2D eigenvalue weighted by Gasteiger charge is 2.42. The number of benzene rings is 3. The number of methoxy groups -OCH3 is 2. The number of hydrogen-bond acceptors (Lipinski definition) is 8. The number of carbonyl (C=O) groups is 2. The van der Waals surface area contributed by atoms with E-state index in [1.807, 2.05) is 90.6 Å². The molecule has 3 amide bonds. The van der Waals surface area contributed by atoms with Crippen molar-refractivity contribution in [3.05, 3.63) is 95.6 Å². The normalized spacial score (nSPS) is 19.2. The first-order valence-corrected chi connectivity index (χ1v) is 17.7. The van der Waals surface area contributed by atoms with Crippen LogP contribution >= 0.6 is 11.8 Å². The predicted molar refractivity (Wildman–Crippen MR) is 187 cm³/mol. The largest absolute Gasteiger partial charge is 0.497 e. The first-order chi connectivity index (χ1) is 23.4. The number of nitrogens with one attached hydrogen (secondary N) is 3. The topological polar surface area (TPSA) is 127 Å². The Labute approximate surface area is 287 Å². The molecule has 3 aromatic carbocycles. The maximum atomic E-state index is 12.3. The van der Waals surface area contributed by atoms with Gasteiger partial charge in [-0.2, -0.15) is 11.8 Å². The standard InChI is InChI=1S/C37H47N3O7S/c1-44-30-17-13-27(14-18-30)37(26-9-4-3-5-10-26,28-15-19-31(45-2)20-16-28)47-24-29(41)23-46-22-8-21-38-34(42)12-7-6-11-33-35-32(25-48-33)39-36(43)40-35/h3-5,9-10,13-20,29,32-33,35,41H,6-8,11-12,21-25H2,1-2H3,(H,38,42)(H2,39,40,43). The average Bonchev–Trinajstić information content (AvgIpc) is 3.68. The van der Waals surface area contributed by atoms with Gasteiger partial charge in [-0.1, -0.05) is 61.0 Å². The lowest BCUT2D eigenvalue weighted by Crippen LogP contribution is -2.37. The summed E-state index contributed by atoms with van der Waals surface area (Å²) < 4.78 is 23.3. The van der Waals surface area contributed by atoms with Crippen LogP contribution in [0.1, 0.15) is 48.8 Å². The Morgan fingerprint density at radius 1 is 0.896 bits per heavy atom. The van der Waals surface area contributed by atoms with Gasteiger partial charge < -0.3 is 40.0 Å². The number of ether oxygens (including phenoxy) is 4. The van der Waals surface area contributed by atoms with E-state index in [2.05, 4.69) is 16.0 Å². The van der Waals surface area contributed by atoms with E-state index in [4.69, 9.17) is 18.9 Å². The number of amides is 3. The lowest BCUT2D eigenvalue weighted by molar-refractivity contribution is -0.121. The van der Waals surface area contributed by atoms with Crippen LogP contribution in [0.2, 0.25) is 0 Å². The second-order valence-electron chi connectivity index (χ2n) is 12.1. The van der Waals surface area contributed by atoms with Gasteiger partial charge >= 0.3 is 6.03 Å². The van der Waals surface area contributed by atoms with Crippen LogP contribution in [-0.2, 0) is 19.9 Å². The molecule has 2 aliphatic rings. The number of rotatable bonds is 19. The van der Waals surface area contributed by atoms with Gasteiger partial charge in [0.2, 0.25) is 5.91 Å². The van der Waals surface area contributed by atoms with Crippen LogP contribution in [0.3, 0.4) is 0 Å². The van der Waals surface area contributed by atoms with Gasteiger partial charge in [-0.25, -0.2) is 4.79 Å². The van der Waals surface area contributed by atoms with Crippen molar-refractivity contribution >= 4 is 23.7 Å². The van der Waals surface area contributed by atoms with Gasteiger partial charge in [-0.05, 0) is 60.2 Å². The fourth-order valence-corrected chi connectivity index (χ4v) is 7.87. The summed E-state index contributed by atoms with van der Waals surface area (Å²) in [5.74, 6) is 2.44. The van der Waals surface area contributed by atoms with Crippen LogP contribution in [0.15, 0.2) is 78.9 Å². The molecular formula is C37H47N3O7S. The van der Waals surface area contributed by atoms with Gasteiger partial charge in [0.25, 0.3) is 0 Å². The summed E-state index contributed by atoms with van der Waals surface area (Å²) in [7, 11) is 3.27. The molecule has 4 unspecified atom stereocenters. The number of aliphatic hydroxyl groups is 1. The number of unbranched alkanes of at least 4 members (excludes halogenated alkanes) is 1. The minimum atomic E-state index is -1.02. The van der Waals surface area contributed by atoms with E-state index < -0.39 is 11.7 Å². The number of carbonyl (C=O) groups excluding carboxylic acids is 2. The van der Waals surface area contributed by atoms with Crippen LogP contribution in [0.4, 0.5) is 4.79 Å². The van der Waals surface area contributed by atoms with E-state index in [1.165, 1.54) is 0 Å². The number of thioether (sulfide) groups is 1. The molecule has 2 fully saturated rings. The maximum absolute atomic E-state index is 12.3. The first-order valence-electron chi connectivity index (χ1n) is 16.6. The highest BCUT2D eigenvalue weighted by atomic mass is 32.2. The van der Waals surface area contributed by atoms with E-state index in [9.17, 15) is 14.7 Å². The molecule has 258 valence electrons. The number of aliphatic hydroxyl groups excluding tert-OH is 1. The third kappa shape index (κ3) is 9.02. The lowest BCUT2D eigenvalue weighted by Gasteiger charge is -2.36. The van der Waals surface area contributed by atoms with Gasteiger partial charge in [0.1, 0.15) is 23.2 Å². The lowest BCUT2D eigenvalue weighted by atomic mass is 9.80. The van der Waals surface area contributed by atoms with Gasteiger partial charge in [-0.3, -0.25) is 4.79 Å². The summed E-state index contributed by atoms with van der Waals surface area (Å²) in [6.45, 7) is 1.03. The zero-order valence-electron chi connectivity index (χ0n) is 27.7. The van der Waals surface area contributed by atoms with Crippen molar-refractivity contribution in [2.45, 2.75) is 61.1 Å². The molecule has 2 saturated heterocycles. The molecule has 4 atom stereocenters. The summed E-state index contributed by atoms with van der Waals surface area (Å²) >= 11 is 1.90. The molecule has 0 radical (unpaired) electrons. The number of fused-ring (bicyclic) bond motifs is 1. The van der Waals surface area contributed by atoms with E-state index >= 15 is 0 Å². The van der Waals surface area contributed by atoms with Crippen LogP contribution in [0.5, 0.6) is 11.5 Å². The van der Waals surface area contributed by atoms with Gasteiger partial charge in [0.05, 0.1) is 39.5 Å². The monoisotopic (exact) mass is 677 g/mol. The summed E-state index contributed by atoms with van der Waals surface area (Å²) in [6, 6.07) is 25.8. The molecule has 0 bridgehead atoms. The first kappa shape index (κ1) is 35.5. The fourth-order valence-electron chi connectivity index (χ4n) is 6.33. The molecule has 11 heteroatoms. The van der Waals surface area contributed by atoms with Crippen LogP contribution in [0, 0.1) is 0 Å². The third-order valence-electron chi connectivity index (χ3n) is 8.84. The van der Waals surface area contributed by atoms with Crippen LogP contribution < -0.4 is 25.4 Å². The molecule has 0 aliphatic carbocycles. The Morgan fingerprint density at radius 3 is 2.19 bits per heavy atom. The van der Waals surface area contributed by atoms with E-state index in [0.717, 1.165) is 53.2 Å². The van der Waals surface area contributed by atoms with Crippen molar-refractivity contribution in [3.63, 3.8) is 0 Å². The minimum absolute atomic E-state index is 0.0212. The number of hydrogen-bond donors (Lipinski definition) is 4. The van der Waals surface area contributed by atoms with Crippen LogP contribution in [-0.4, -0.2) is 86.8 Å². The van der Waals surface area contributed by atoms with E-state index in [0.29, 0.717) is 31.2 Å². The van der Waals surface area contributed by atoms with Crippen molar-refractivity contribution in [1.82, 2.24) is 16.0 Å². The predicted octanol–water partition coefficient (Wildman–Crippen LogP) is 4.62. The van der Waals surface area contributed by atoms with Crippen LogP contribution in [0.25, 0.3) is 0 Å². The minimum Gasteiger partial charge on any atom is -0.497 e. The molecule has 4 N–H and O–H groups in total. The number of urea groups is 1. The highest BCUT2D eigenvalue weighted by Crippen LogP contribution is 2.42. The summed E-state index contributed by atoms with van der Waals surface area (Å²) in [5.41, 5.74) is 1.66. The van der Waals surface area contributed by atoms with Crippen molar-refractivity contribution in [1.29, 1.82) is 0 Å². The Bertz CT molecular complexity index is 1390. The molecule has 0 saturated carbocycles. The molecule has 2 aliphatic heterocycles. The van der Waals surface area contributed by atoms with Crippen molar-refractivity contribution in [2.24, 2.45) is 0 Å². The fraction of sp³-hybridized carbons (Fsp3) is 0.459. The van der Waals surface area contributed by atoms with E-state index in [1.54, 1.807) is 14.2 Å². The Morgan fingerprint density at radius 2 is 1.54 bits per heavy atom. The zero-order chi connectivity index (χ0) is 33.8. The molecule has 0 aromatic heterocycles. The molecule has 2 heterocycles. The Kier molecular flexibility index (Phi) is 13.0. The smallest absolute Gasteiger partial charge is 0.315 e. The van der Waals surface area contributed by atoms with Gasteiger partial charge in [-0.15, -0.1) is 0 Å². The third-order valence-corrected chi connectivity index (χ3v) is 10.4. The second-order valence-corrected chi connectivity index (χ2v) is 13.4. The molecule has 48 heavy (non-hydrogen) atoms. The second kappa shape index (κ2) is 17.6.